The van der Waals surface area contributed by atoms with E-state index in [0.717, 1.165) is 21.9 Å². The predicted molar refractivity (Wildman–Crippen MR) is 87.4 cm³/mol. The third kappa shape index (κ3) is 4.10. The van der Waals surface area contributed by atoms with Crippen molar-refractivity contribution in [3.05, 3.63) is 68.7 Å². The molecule has 0 fully saturated rings. The van der Waals surface area contributed by atoms with Gasteiger partial charge in [-0.15, -0.1) is 0 Å². The summed E-state index contributed by atoms with van der Waals surface area (Å²) in [7, 11) is 0. The number of nitrogens with one attached hydrogen (secondary N) is 1. The first-order chi connectivity index (χ1) is 10.1. The smallest absolute Gasteiger partial charge is 0.293 e. The molecule has 2 rings (SSSR count). The van der Waals surface area contributed by atoms with E-state index in [1.165, 1.54) is 6.07 Å². The molecular weight excluding hydrogens is 310 g/mol. The standard InChI is InChI=1S/C14H14ClN3O2S/c15-12-4-2-1-3-11(12)9-21-8-10-5-6-13(17-16)14(7-10)18(19)20/h1-7,17H,8-9,16H2. The monoisotopic (exact) mass is 323 g/mol. The number of nitro benzene ring substituents is 1. The number of hydrogen-bond donors (Lipinski definition) is 2. The molecule has 0 heterocycles. The van der Waals surface area contributed by atoms with Gasteiger partial charge in [0.15, 0.2) is 0 Å². The number of nitrogen functional groups attached to an aromatic ring is 1. The summed E-state index contributed by atoms with van der Waals surface area (Å²) in [6.45, 7) is 0. The van der Waals surface area contributed by atoms with Gasteiger partial charge in [0.05, 0.1) is 4.92 Å². The molecule has 5 nitrogen and oxygen atoms in total. The van der Waals surface area contributed by atoms with Crippen LogP contribution < -0.4 is 11.3 Å². The van der Waals surface area contributed by atoms with E-state index in [4.69, 9.17) is 17.4 Å². The summed E-state index contributed by atoms with van der Waals surface area (Å²) in [4.78, 5) is 10.5. The van der Waals surface area contributed by atoms with Crippen LogP contribution in [-0.2, 0) is 11.5 Å². The molecule has 0 unspecified atom stereocenters. The largest absolute Gasteiger partial charge is 0.318 e. The first kappa shape index (κ1) is 15.6. The normalized spacial score (nSPS) is 10.4. The van der Waals surface area contributed by atoms with E-state index >= 15 is 0 Å². The Hall–Kier alpha value is -1.76. The van der Waals surface area contributed by atoms with Crippen molar-refractivity contribution in [3.8, 4) is 0 Å². The highest BCUT2D eigenvalue weighted by atomic mass is 35.5. The minimum atomic E-state index is -0.447. The molecular formula is C14H14ClN3O2S. The number of nitrogens with two attached hydrogens (primary N) is 1. The van der Waals surface area contributed by atoms with E-state index in [1.807, 2.05) is 30.3 Å². The topological polar surface area (TPSA) is 81.2 Å². The number of thioether (sulfide) groups is 1. The number of benzene rings is 2. The molecule has 0 aliphatic carbocycles. The molecule has 21 heavy (non-hydrogen) atoms. The van der Waals surface area contributed by atoms with E-state index in [1.54, 1.807) is 17.8 Å². The van der Waals surface area contributed by atoms with Crippen LogP contribution in [0, 0.1) is 10.1 Å². The molecule has 110 valence electrons. The minimum absolute atomic E-state index is 0.0201. The van der Waals surface area contributed by atoms with Crippen molar-refractivity contribution in [1.29, 1.82) is 0 Å². The van der Waals surface area contributed by atoms with Crippen LogP contribution in [0.25, 0.3) is 0 Å². The lowest BCUT2D eigenvalue weighted by Crippen LogP contribution is -2.09. The van der Waals surface area contributed by atoms with Gasteiger partial charge in [-0.25, -0.2) is 0 Å². The Morgan fingerprint density at radius 1 is 1.24 bits per heavy atom. The fraction of sp³-hybridized carbons (Fsp3) is 0.143. The van der Waals surface area contributed by atoms with Gasteiger partial charge in [0.1, 0.15) is 5.69 Å². The summed E-state index contributed by atoms with van der Waals surface area (Å²) in [5.74, 6) is 6.67. The Balaban J connectivity index is 2.02. The van der Waals surface area contributed by atoms with Crippen LogP contribution in [0.5, 0.6) is 0 Å². The number of halogens is 1. The lowest BCUT2D eigenvalue weighted by Gasteiger charge is -2.06. The van der Waals surface area contributed by atoms with Crippen LogP contribution in [0.2, 0.25) is 5.02 Å². The molecule has 0 aliphatic rings. The number of nitrogens with zero attached hydrogens (tertiary/aromatic N) is 1. The molecule has 0 aliphatic heterocycles. The van der Waals surface area contributed by atoms with Crippen molar-refractivity contribution in [2.24, 2.45) is 5.84 Å². The lowest BCUT2D eigenvalue weighted by molar-refractivity contribution is -0.384. The Morgan fingerprint density at radius 2 is 2.00 bits per heavy atom. The third-order valence-corrected chi connectivity index (χ3v) is 4.32. The number of rotatable bonds is 6. The predicted octanol–water partition coefficient (Wildman–Crippen LogP) is 3.97. The zero-order valence-corrected chi connectivity index (χ0v) is 12.7. The zero-order chi connectivity index (χ0) is 15.2. The average Bonchev–Trinajstić information content (AvgIpc) is 2.49. The van der Waals surface area contributed by atoms with Crippen LogP contribution in [0.15, 0.2) is 42.5 Å². The van der Waals surface area contributed by atoms with Gasteiger partial charge in [-0.1, -0.05) is 35.9 Å². The highest BCUT2D eigenvalue weighted by molar-refractivity contribution is 7.97. The third-order valence-electron chi connectivity index (χ3n) is 2.90. The van der Waals surface area contributed by atoms with E-state index in [-0.39, 0.29) is 5.69 Å². The van der Waals surface area contributed by atoms with Crippen LogP contribution >= 0.6 is 23.4 Å². The zero-order valence-electron chi connectivity index (χ0n) is 11.1. The summed E-state index contributed by atoms with van der Waals surface area (Å²) >= 11 is 7.74. The fourth-order valence-electron chi connectivity index (χ4n) is 1.83. The van der Waals surface area contributed by atoms with Crippen LogP contribution in [0.3, 0.4) is 0 Å². The summed E-state index contributed by atoms with van der Waals surface area (Å²) in [5, 5.41) is 11.7. The van der Waals surface area contributed by atoms with Gasteiger partial charge in [0.2, 0.25) is 0 Å². The Kier molecular flexibility index (Phi) is 5.44. The van der Waals surface area contributed by atoms with E-state index in [9.17, 15) is 10.1 Å². The highest BCUT2D eigenvalue weighted by Crippen LogP contribution is 2.28. The molecule has 0 saturated carbocycles. The maximum absolute atomic E-state index is 11.0. The number of hydrazine groups is 1. The van der Waals surface area contributed by atoms with Gasteiger partial charge in [-0.2, -0.15) is 11.8 Å². The minimum Gasteiger partial charge on any atom is -0.318 e. The fourth-order valence-corrected chi connectivity index (χ4v) is 3.11. The summed E-state index contributed by atoms with van der Waals surface area (Å²) in [6.07, 6.45) is 0. The summed E-state index contributed by atoms with van der Waals surface area (Å²) in [6, 6.07) is 12.6. The number of nitro groups is 1. The molecule has 7 heteroatoms. The van der Waals surface area contributed by atoms with Gasteiger partial charge in [-0.3, -0.25) is 16.0 Å². The first-order valence-electron chi connectivity index (χ1n) is 6.17. The van der Waals surface area contributed by atoms with Gasteiger partial charge in [-0.05, 0) is 23.3 Å². The summed E-state index contributed by atoms with van der Waals surface area (Å²) < 4.78 is 0. The Bertz CT molecular complexity index is 652. The lowest BCUT2D eigenvalue weighted by atomic mass is 10.2. The second-order valence-electron chi connectivity index (χ2n) is 4.34. The van der Waals surface area contributed by atoms with E-state index in [2.05, 4.69) is 5.43 Å². The maximum Gasteiger partial charge on any atom is 0.293 e. The molecule has 0 atom stereocenters. The SMILES string of the molecule is NNc1ccc(CSCc2ccccc2Cl)cc1[N+](=O)[O-]. The molecule has 0 spiro atoms. The quantitative estimate of drug-likeness (QED) is 0.477. The van der Waals surface area contributed by atoms with Crippen LogP contribution in [0.1, 0.15) is 11.1 Å². The van der Waals surface area contributed by atoms with Crippen molar-refractivity contribution in [1.82, 2.24) is 0 Å². The van der Waals surface area contributed by atoms with Crippen molar-refractivity contribution in [2.45, 2.75) is 11.5 Å². The van der Waals surface area contributed by atoms with Gasteiger partial charge in [0, 0.05) is 22.6 Å². The molecule has 0 saturated heterocycles. The number of hydrogen-bond acceptors (Lipinski definition) is 5. The second-order valence-corrected chi connectivity index (χ2v) is 5.73. The van der Waals surface area contributed by atoms with Gasteiger partial charge < -0.3 is 5.43 Å². The van der Waals surface area contributed by atoms with Crippen molar-refractivity contribution in [3.63, 3.8) is 0 Å². The highest BCUT2D eigenvalue weighted by Gasteiger charge is 2.13. The van der Waals surface area contributed by atoms with Crippen molar-refractivity contribution >= 4 is 34.7 Å². The first-order valence-corrected chi connectivity index (χ1v) is 7.70. The van der Waals surface area contributed by atoms with E-state index < -0.39 is 4.92 Å². The van der Waals surface area contributed by atoms with Gasteiger partial charge >= 0.3 is 0 Å². The maximum atomic E-state index is 11.0. The molecule has 3 N–H and O–H groups in total. The van der Waals surface area contributed by atoms with Crippen molar-refractivity contribution in [2.75, 3.05) is 5.43 Å². The Morgan fingerprint density at radius 3 is 2.67 bits per heavy atom. The number of anilines is 1. The molecule has 0 radical (unpaired) electrons. The Labute approximate surface area is 131 Å². The summed E-state index contributed by atoms with van der Waals surface area (Å²) in [5.41, 5.74) is 4.54. The second kappa shape index (κ2) is 7.31. The molecule has 0 bridgehead atoms. The van der Waals surface area contributed by atoms with Crippen LogP contribution in [0.4, 0.5) is 11.4 Å². The molecule has 2 aromatic carbocycles. The molecule has 0 aromatic heterocycles. The van der Waals surface area contributed by atoms with Crippen LogP contribution in [-0.4, -0.2) is 4.92 Å². The molecule has 0 amide bonds. The van der Waals surface area contributed by atoms with E-state index in [0.29, 0.717) is 11.4 Å². The van der Waals surface area contributed by atoms with Crippen molar-refractivity contribution < 1.29 is 4.92 Å². The molecule has 2 aromatic rings. The van der Waals surface area contributed by atoms with Gasteiger partial charge in [0.25, 0.3) is 5.69 Å². The average molecular weight is 324 g/mol.